The van der Waals surface area contributed by atoms with Crippen LogP contribution in [0.3, 0.4) is 0 Å². The van der Waals surface area contributed by atoms with Gasteiger partial charge in [-0.2, -0.15) is 0 Å². The molecule has 0 aliphatic heterocycles. The number of aliphatic hydroxyl groups excluding tert-OH is 2. The van der Waals surface area contributed by atoms with Gasteiger partial charge in [-0.25, -0.2) is 4.79 Å². The average Bonchev–Trinajstić information content (AvgIpc) is 2.33. The van der Waals surface area contributed by atoms with Gasteiger partial charge >= 0.3 is 5.97 Å². The van der Waals surface area contributed by atoms with Gasteiger partial charge in [-0.15, -0.1) is 0 Å². The molecule has 0 radical (unpaired) electrons. The molecule has 0 aromatic carbocycles. The molecule has 3 N–H and O–H groups in total. The van der Waals surface area contributed by atoms with Gasteiger partial charge in [0.15, 0.2) is 0 Å². The second-order valence-corrected chi connectivity index (χ2v) is 3.10. The number of amides is 1. The monoisotopic (exact) mass is 229 g/mol. The molecular weight excluding hydrogens is 214 g/mol. The predicted octanol–water partition coefficient (Wildman–Crippen LogP) is -1.26. The summed E-state index contributed by atoms with van der Waals surface area (Å²) in [6.45, 7) is 4.90. The van der Waals surface area contributed by atoms with Crippen molar-refractivity contribution in [2.24, 2.45) is 0 Å². The molecule has 0 aliphatic carbocycles. The van der Waals surface area contributed by atoms with Crippen molar-refractivity contribution < 1.29 is 24.5 Å². The van der Waals surface area contributed by atoms with Crippen LogP contribution in [-0.2, 0) is 14.3 Å². The van der Waals surface area contributed by atoms with E-state index in [1.807, 2.05) is 0 Å². The van der Waals surface area contributed by atoms with Crippen LogP contribution in [-0.4, -0.2) is 47.4 Å². The highest BCUT2D eigenvalue weighted by molar-refractivity contribution is 5.87. The van der Waals surface area contributed by atoms with Crippen molar-refractivity contribution >= 4 is 11.9 Å². The van der Waals surface area contributed by atoms with E-state index in [-0.39, 0.29) is 6.61 Å². The predicted molar refractivity (Wildman–Crippen MR) is 56.4 cm³/mol. The Labute approximate surface area is 93.2 Å². The minimum atomic E-state index is -1.41. The molecule has 90 valence electrons. The van der Waals surface area contributed by atoms with Crippen LogP contribution >= 0.6 is 0 Å². The summed E-state index contributed by atoms with van der Waals surface area (Å²) in [5.41, 5.74) is -1.41. The van der Waals surface area contributed by atoms with E-state index in [4.69, 9.17) is 10.2 Å². The zero-order chi connectivity index (χ0) is 12.6. The molecule has 16 heavy (non-hydrogen) atoms. The van der Waals surface area contributed by atoms with Crippen LogP contribution in [0.4, 0.5) is 0 Å². The number of esters is 1. The number of ether oxygens (including phenoxy) is 1. The molecule has 6 heteroatoms. The van der Waals surface area contributed by atoms with Gasteiger partial charge in [-0.3, -0.25) is 4.79 Å². The highest BCUT2D eigenvalue weighted by atomic mass is 16.5. The fourth-order valence-electron chi connectivity index (χ4n) is 0.837. The molecule has 0 saturated carbocycles. The molecular formula is C10H15NO5. The fraction of sp³-hybridized carbons (Fsp3) is 0.400. The number of hydrogen-bond donors (Lipinski definition) is 3. The molecule has 0 spiro atoms. The average molecular weight is 229 g/mol. The second-order valence-electron chi connectivity index (χ2n) is 3.10. The summed E-state index contributed by atoms with van der Waals surface area (Å²) >= 11 is 0. The van der Waals surface area contributed by atoms with E-state index in [1.54, 1.807) is 0 Å². The van der Waals surface area contributed by atoms with E-state index < -0.39 is 30.6 Å². The van der Waals surface area contributed by atoms with Crippen LogP contribution in [0.2, 0.25) is 0 Å². The number of hydrogen-bond acceptors (Lipinski definition) is 5. The first-order valence-corrected chi connectivity index (χ1v) is 4.49. The Bertz CT molecular complexity index is 283. The first-order chi connectivity index (χ1) is 7.53. The number of nitrogens with one attached hydrogen (secondary N) is 1. The summed E-state index contributed by atoms with van der Waals surface area (Å²) in [4.78, 5) is 21.9. The van der Waals surface area contributed by atoms with E-state index in [0.29, 0.717) is 0 Å². The van der Waals surface area contributed by atoms with Gasteiger partial charge in [0.05, 0.1) is 13.2 Å². The van der Waals surface area contributed by atoms with Crippen LogP contribution in [0.25, 0.3) is 0 Å². The van der Waals surface area contributed by atoms with Crippen molar-refractivity contribution in [3.63, 3.8) is 0 Å². The third-order valence-electron chi connectivity index (χ3n) is 1.84. The molecule has 0 bridgehead atoms. The van der Waals surface area contributed by atoms with Gasteiger partial charge in [0.2, 0.25) is 5.91 Å². The van der Waals surface area contributed by atoms with Crippen molar-refractivity contribution in [1.29, 1.82) is 0 Å². The van der Waals surface area contributed by atoms with Crippen molar-refractivity contribution in [2.75, 3.05) is 19.8 Å². The largest absolute Gasteiger partial charge is 0.460 e. The van der Waals surface area contributed by atoms with Crippen molar-refractivity contribution in [1.82, 2.24) is 5.32 Å². The van der Waals surface area contributed by atoms with Gasteiger partial charge in [-0.1, -0.05) is 13.2 Å². The number of rotatable bonds is 7. The highest BCUT2D eigenvalue weighted by Gasteiger charge is 2.31. The van der Waals surface area contributed by atoms with Crippen LogP contribution < -0.4 is 5.32 Å². The van der Waals surface area contributed by atoms with Gasteiger partial charge in [0.25, 0.3) is 0 Å². The third-order valence-corrected chi connectivity index (χ3v) is 1.84. The normalized spacial score (nSPS) is 10.4. The summed E-state index contributed by atoms with van der Waals surface area (Å²) in [6, 6.07) is 0. The van der Waals surface area contributed by atoms with Crippen LogP contribution in [0, 0.1) is 0 Å². The van der Waals surface area contributed by atoms with Crippen molar-refractivity contribution in [3.05, 3.63) is 25.3 Å². The maximum atomic E-state index is 11.0. The smallest absolute Gasteiger partial charge is 0.330 e. The molecule has 0 saturated heterocycles. The molecule has 0 aromatic heterocycles. The Balaban J connectivity index is 4.54. The fourth-order valence-corrected chi connectivity index (χ4v) is 0.837. The molecule has 0 aliphatic rings. The summed E-state index contributed by atoms with van der Waals surface area (Å²) in [6.07, 6.45) is 1.92. The van der Waals surface area contributed by atoms with E-state index in [0.717, 1.165) is 12.2 Å². The zero-order valence-electron chi connectivity index (χ0n) is 8.81. The van der Waals surface area contributed by atoms with Gasteiger partial charge in [-0.05, 0) is 6.08 Å². The van der Waals surface area contributed by atoms with Gasteiger partial charge in [0.1, 0.15) is 12.1 Å². The molecule has 0 fully saturated rings. The second kappa shape index (κ2) is 6.76. The first-order valence-electron chi connectivity index (χ1n) is 4.49. The first kappa shape index (κ1) is 14.3. The summed E-state index contributed by atoms with van der Waals surface area (Å²) < 4.78 is 4.66. The molecule has 6 nitrogen and oxygen atoms in total. The van der Waals surface area contributed by atoms with Crippen molar-refractivity contribution in [2.45, 2.75) is 5.54 Å². The van der Waals surface area contributed by atoms with Crippen LogP contribution in [0.5, 0.6) is 0 Å². The summed E-state index contributed by atoms with van der Waals surface area (Å²) in [5, 5.41) is 20.5. The van der Waals surface area contributed by atoms with Crippen LogP contribution in [0.1, 0.15) is 0 Å². The topological polar surface area (TPSA) is 95.9 Å². The standard InChI is InChI=1S/C10H15NO5/c1-3-8(14)11-10(5-12,6-13)7-16-9(15)4-2/h3-4,12-13H,1-2,5-7H2,(H,11,14). The van der Waals surface area contributed by atoms with E-state index in [1.165, 1.54) is 0 Å². The van der Waals surface area contributed by atoms with E-state index >= 15 is 0 Å². The van der Waals surface area contributed by atoms with E-state index in [2.05, 4.69) is 23.2 Å². The maximum Gasteiger partial charge on any atom is 0.330 e. The molecule has 0 unspecified atom stereocenters. The molecule has 0 heterocycles. The van der Waals surface area contributed by atoms with E-state index in [9.17, 15) is 9.59 Å². The third kappa shape index (κ3) is 4.24. The zero-order valence-corrected chi connectivity index (χ0v) is 8.81. The lowest BCUT2D eigenvalue weighted by atomic mass is 10.0. The van der Waals surface area contributed by atoms with Gasteiger partial charge in [0, 0.05) is 6.08 Å². The summed E-state index contributed by atoms with van der Waals surface area (Å²) in [5.74, 6) is -1.29. The van der Waals surface area contributed by atoms with Crippen molar-refractivity contribution in [3.8, 4) is 0 Å². The number of aliphatic hydroxyl groups is 2. The lowest BCUT2D eigenvalue weighted by Crippen LogP contribution is -2.57. The molecule has 0 aromatic rings. The minimum Gasteiger partial charge on any atom is -0.460 e. The number of carbonyl (C=O) groups is 2. The van der Waals surface area contributed by atoms with Crippen LogP contribution in [0.15, 0.2) is 25.3 Å². The lowest BCUT2D eigenvalue weighted by Gasteiger charge is -2.29. The Morgan fingerprint density at radius 2 is 1.81 bits per heavy atom. The highest BCUT2D eigenvalue weighted by Crippen LogP contribution is 2.04. The lowest BCUT2D eigenvalue weighted by molar-refractivity contribution is -0.142. The number of carbonyl (C=O) groups excluding carboxylic acids is 2. The quantitative estimate of drug-likeness (QED) is 0.374. The van der Waals surface area contributed by atoms with Gasteiger partial charge < -0.3 is 20.3 Å². The Morgan fingerprint density at radius 3 is 2.19 bits per heavy atom. The Hall–Kier alpha value is -1.66. The minimum absolute atomic E-state index is 0.357. The summed E-state index contributed by atoms with van der Waals surface area (Å²) in [7, 11) is 0. The Morgan fingerprint density at radius 1 is 1.25 bits per heavy atom. The Kier molecular flexibility index (Phi) is 6.06. The SMILES string of the molecule is C=CC(=O)NC(CO)(CO)COC(=O)C=C. The molecule has 0 atom stereocenters. The molecule has 1 amide bonds. The molecule has 0 rings (SSSR count). The maximum absolute atomic E-state index is 11.0.